The van der Waals surface area contributed by atoms with E-state index in [4.69, 9.17) is 39.5 Å². The highest BCUT2D eigenvalue weighted by Crippen LogP contribution is 2.27. The van der Waals surface area contributed by atoms with Gasteiger partial charge in [-0.2, -0.15) is 0 Å². The Morgan fingerprint density at radius 2 is 1.71 bits per heavy atom. The zero-order valence-electron chi connectivity index (χ0n) is 8.53. The Hall–Kier alpha value is -1.03. The molecule has 0 aliphatic carbocycles. The summed E-state index contributed by atoms with van der Waals surface area (Å²) in [6, 6.07) is 4.91. The van der Waals surface area contributed by atoms with Crippen molar-refractivity contribution in [1.29, 1.82) is 0 Å². The van der Waals surface area contributed by atoms with Gasteiger partial charge in [0.1, 0.15) is 5.75 Å². The summed E-state index contributed by atoms with van der Waals surface area (Å²) < 4.78 is 5.45. The van der Waals surface area contributed by atoms with Crippen LogP contribution < -0.4 is 4.74 Å². The summed E-state index contributed by atoms with van der Waals surface area (Å²) in [7, 11) is 0. The SMILES string of the molecule is ClCc1cnc(Oc2cc(Cl)cc(Cl)c2)cn1. The molecule has 0 radical (unpaired) electrons. The molecular formula is C11H7Cl3N2O. The van der Waals surface area contributed by atoms with Gasteiger partial charge in [0, 0.05) is 10.0 Å². The number of alkyl halides is 1. The van der Waals surface area contributed by atoms with Gasteiger partial charge in [-0.05, 0) is 18.2 Å². The number of hydrogen-bond donors (Lipinski definition) is 0. The molecule has 0 atom stereocenters. The molecule has 1 heterocycles. The summed E-state index contributed by atoms with van der Waals surface area (Å²) in [4.78, 5) is 8.10. The van der Waals surface area contributed by atoms with Gasteiger partial charge >= 0.3 is 0 Å². The first-order chi connectivity index (χ1) is 8.17. The van der Waals surface area contributed by atoms with Gasteiger partial charge < -0.3 is 4.74 Å². The molecule has 0 unspecified atom stereocenters. The van der Waals surface area contributed by atoms with Crippen LogP contribution in [0.2, 0.25) is 10.0 Å². The van der Waals surface area contributed by atoms with Crippen molar-refractivity contribution in [2.45, 2.75) is 5.88 Å². The molecule has 0 aliphatic heterocycles. The van der Waals surface area contributed by atoms with Crippen molar-refractivity contribution in [3.8, 4) is 11.6 Å². The Labute approximate surface area is 113 Å². The van der Waals surface area contributed by atoms with Gasteiger partial charge in [0.05, 0.1) is 24.0 Å². The van der Waals surface area contributed by atoms with Gasteiger partial charge in [-0.25, -0.2) is 4.98 Å². The summed E-state index contributed by atoms with van der Waals surface area (Å²) >= 11 is 17.3. The number of hydrogen-bond acceptors (Lipinski definition) is 3. The molecule has 3 nitrogen and oxygen atoms in total. The number of benzene rings is 1. The van der Waals surface area contributed by atoms with Crippen molar-refractivity contribution in [1.82, 2.24) is 9.97 Å². The standard InChI is InChI=1S/C11H7Cl3N2O/c12-4-9-5-16-11(6-15-9)17-10-2-7(13)1-8(14)3-10/h1-3,5-6H,4H2. The zero-order chi connectivity index (χ0) is 12.3. The lowest BCUT2D eigenvalue weighted by Gasteiger charge is -2.05. The highest BCUT2D eigenvalue weighted by Gasteiger charge is 2.03. The van der Waals surface area contributed by atoms with Crippen molar-refractivity contribution in [2.24, 2.45) is 0 Å². The molecule has 2 rings (SSSR count). The van der Waals surface area contributed by atoms with E-state index >= 15 is 0 Å². The second kappa shape index (κ2) is 5.54. The van der Waals surface area contributed by atoms with Gasteiger partial charge in [0.25, 0.3) is 0 Å². The third-order valence-electron chi connectivity index (χ3n) is 1.88. The van der Waals surface area contributed by atoms with Crippen LogP contribution in [-0.2, 0) is 5.88 Å². The summed E-state index contributed by atoms with van der Waals surface area (Å²) in [6.07, 6.45) is 3.04. The number of aromatic nitrogens is 2. The van der Waals surface area contributed by atoms with Crippen molar-refractivity contribution >= 4 is 34.8 Å². The van der Waals surface area contributed by atoms with Gasteiger partial charge in [-0.3, -0.25) is 4.98 Å². The second-order valence-electron chi connectivity index (χ2n) is 3.19. The van der Waals surface area contributed by atoms with Crippen molar-refractivity contribution in [3.05, 3.63) is 46.3 Å². The minimum atomic E-state index is 0.316. The van der Waals surface area contributed by atoms with Gasteiger partial charge in [0.2, 0.25) is 5.88 Å². The smallest absolute Gasteiger partial charge is 0.237 e. The molecule has 0 aliphatic rings. The predicted octanol–water partition coefficient (Wildman–Crippen LogP) is 4.31. The first kappa shape index (κ1) is 12.4. The van der Waals surface area contributed by atoms with Crippen LogP contribution in [0.1, 0.15) is 5.69 Å². The van der Waals surface area contributed by atoms with E-state index in [9.17, 15) is 0 Å². The summed E-state index contributed by atoms with van der Waals surface area (Å²) in [5, 5.41) is 0.996. The van der Waals surface area contributed by atoms with Crippen LogP contribution in [-0.4, -0.2) is 9.97 Å². The Morgan fingerprint density at radius 1 is 1.00 bits per heavy atom. The predicted molar refractivity (Wildman–Crippen MR) is 68.1 cm³/mol. The first-order valence-electron chi connectivity index (χ1n) is 4.68. The minimum Gasteiger partial charge on any atom is -0.437 e. The Bertz CT molecular complexity index is 496. The van der Waals surface area contributed by atoms with Gasteiger partial charge in [-0.15, -0.1) is 11.6 Å². The first-order valence-corrected chi connectivity index (χ1v) is 5.97. The molecule has 17 heavy (non-hydrogen) atoms. The van der Waals surface area contributed by atoms with Crippen LogP contribution in [0, 0.1) is 0 Å². The quantitative estimate of drug-likeness (QED) is 0.790. The van der Waals surface area contributed by atoms with Crippen molar-refractivity contribution in [3.63, 3.8) is 0 Å². The molecule has 0 saturated heterocycles. The van der Waals surface area contributed by atoms with E-state index < -0.39 is 0 Å². The number of rotatable bonds is 3. The maximum Gasteiger partial charge on any atom is 0.237 e. The largest absolute Gasteiger partial charge is 0.437 e. The Kier molecular flexibility index (Phi) is 4.05. The third-order valence-corrected chi connectivity index (χ3v) is 2.59. The van der Waals surface area contributed by atoms with Crippen molar-refractivity contribution in [2.75, 3.05) is 0 Å². The van der Waals surface area contributed by atoms with E-state index in [1.54, 1.807) is 24.4 Å². The monoisotopic (exact) mass is 288 g/mol. The summed E-state index contributed by atoms with van der Waals surface area (Å²) in [6.45, 7) is 0. The fraction of sp³-hybridized carbons (Fsp3) is 0.0909. The molecular weight excluding hydrogens is 282 g/mol. The third kappa shape index (κ3) is 3.46. The molecule has 0 saturated carbocycles. The zero-order valence-corrected chi connectivity index (χ0v) is 10.8. The molecule has 0 bridgehead atoms. The maximum absolute atomic E-state index is 5.85. The molecule has 1 aromatic carbocycles. The molecule has 0 spiro atoms. The fourth-order valence-corrected chi connectivity index (χ4v) is 1.82. The van der Waals surface area contributed by atoms with Gasteiger partial charge in [0.15, 0.2) is 0 Å². The van der Waals surface area contributed by atoms with E-state index in [0.29, 0.717) is 33.2 Å². The molecule has 1 aromatic heterocycles. The molecule has 88 valence electrons. The normalized spacial score (nSPS) is 10.3. The van der Waals surface area contributed by atoms with E-state index in [1.807, 2.05) is 0 Å². The van der Waals surface area contributed by atoms with Crippen molar-refractivity contribution < 1.29 is 4.74 Å². The lowest BCUT2D eigenvalue weighted by Crippen LogP contribution is -1.92. The maximum atomic E-state index is 5.85. The van der Waals surface area contributed by atoms with Gasteiger partial charge in [-0.1, -0.05) is 23.2 Å². The topological polar surface area (TPSA) is 35.0 Å². The lowest BCUT2D eigenvalue weighted by atomic mass is 10.3. The van der Waals surface area contributed by atoms with Crippen LogP contribution in [0.4, 0.5) is 0 Å². The summed E-state index contributed by atoms with van der Waals surface area (Å²) in [5.74, 6) is 1.18. The van der Waals surface area contributed by atoms with E-state index in [1.165, 1.54) is 6.20 Å². The van der Waals surface area contributed by atoms with Crippen LogP contribution in [0.3, 0.4) is 0 Å². The summed E-state index contributed by atoms with van der Waals surface area (Å²) in [5.41, 5.74) is 0.683. The van der Waals surface area contributed by atoms with Crippen LogP contribution >= 0.6 is 34.8 Å². The fourth-order valence-electron chi connectivity index (χ4n) is 1.17. The van der Waals surface area contributed by atoms with Crippen LogP contribution in [0.15, 0.2) is 30.6 Å². The van der Waals surface area contributed by atoms with Crippen LogP contribution in [0.5, 0.6) is 11.6 Å². The minimum absolute atomic E-state index is 0.316. The Morgan fingerprint density at radius 3 is 2.24 bits per heavy atom. The molecule has 0 N–H and O–H groups in total. The number of nitrogens with zero attached hydrogens (tertiary/aromatic N) is 2. The molecule has 0 amide bonds. The number of ether oxygens (including phenoxy) is 1. The molecule has 0 fully saturated rings. The lowest BCUT2D eigenvalue weighted by molar-refractivity contribution is 0.459. The molecule has 2 aromatic rings. The molecule has 6 heteroatoms. The van der Waals surface area contributed by atoms with E-state index in [0.717, 1.165) is 0 Å². The number of halogens is 3. The van der Waals surface area contributed by atoms with E-state index in [-0.39, 0.29) is 0 Å². The highest BCUT2D eigenvalue weighted by molar-refractivity contribution is 6.34. The second-order valence-corrected chi connectivity index (χ2v) is 4.33. The Balaban J connectivity index is 2.19. The van der Waals surface area contributed by atoms with Crippen LogP contribution in [0.25, 0.3) is 0 Å². The average Bonchev–Trinajstić information content (AvgIpc) is 2.28. The average molecular weight is 290 g/mol. The highest BCUT2D eigenvalue weighted by atomic mass is 35.5. The van der Waals surface area contributed by atoms with E-state index in [2.05, 4.69) is 9.97 Å².